The van der Waals surface area contributed by atoms with Gasteiger partial charge in [0.15, 0.2) is 0 Å². The zero-order chi connectivity index (χ0) is 14.0. The number of hydrogen-bond acceptors (Lipinski definition) is 3. The van der Waals surface area contributed by atoms with Crippen LogP contribution in [0.4, 0.5) is 5.69 Å². The third-order valence-electron chi connectivity index (χ3n) is 3.51. The number of carboxylic acids is 1. The second-order valence-electron chi connectivity index (χ2n) is 4.92. The molecule has 0 bridgehead atoms. The Morgan fingerprint density at radius 3 is 2.74 bits per heavy atom. The smallest absolute Gasteiger partial charge is 0.336 e. The van der Waals surface area contributed by atoms with Crippen LogP contribution in [0.3, 0.4) is 0 Å². The van der Waals surface area contributed by atoms with E-state index >= 15 is 0 Å². The fourth-order valence-electron chi connectivity index (χ4n) is 2.22. The van der Waals surface area contributed by atoms with Crippen LogP contribution in [0.15, 0.2) is 18.2 Å². The maximum absolute atomic E-state index is 12.2. The van der Waals surface area contributed by atoms with Crippen molar-refractivity contribution in [1.82, 2.24) is 0 Å². The van der Waals surface area contributed by atoms with E-state index in [1.54, 1.807) is 26.0 Å². The minimum Gasteiger partial charge on any atom is -0.478 e. The summed E-state index contributed by atoms with van der Waals surface area (Å²) in [6.07, 6.45) is 1.54. The molecular formula is C14H17NO4. The van der Waals surface area contributed by atoms with E-state index in [2.05, 4.69) is 5.32 Å². The summed E-state index contributed by atoms with van der Waals surface area (Å²) < 4.78 is 5.46. The van der Waals surface area contributed by atoms with Crippen LogP contribution < -0.4 is 5.32 Å². The number of anilines is 1. The van der Waals surface area contributed by atoms with Crippen molar-refractivity contribution in [2.45, 2.75) is 32.3 Å². The maximum atomic E-state index is 12.2. The average Bonchev–Trinajstić information content (AvgIpc) is 2.80. The molecule has 1 amide bonds. The Balaban J connectivity index is 2.22. The number of benzene rings is 1. The molecular weight excluding hydrogens is 246 g/mol. The second kappa shape index (κ2) is 5.01. The lowest BCUT2D eigenvalue weighted by atomic mass is 10.0. The largest absolute Gasteiger partial charge is 0.478 e. The SMILES string of the molecule is Cc1c(NC(=O)C2(C)CCCO2)cccc1C(=O)O. The van der Waals surface area contributed by atoms with Gasteiger partial charge in [0.1, 0.15) is 5.60 Å². The van der Waals surface area contributed by atoms with Crippen molar-refractivity contribution in [1.29, 1.82) is 0 Å². The van der Waals surface area contributed by atoms with Crippen LogP contribution in [0, 0.1) is 6.92 Å². The lowest BCUT2D eigenvalue weighted by Crippen LogP contribution is -2.39. The van der Waals surface area contributed by atoms with Gasteiger partial charge in [-0.3, -0.25) is 4.79 Å². The maximum Gasteiger partial charge on any atom is 0.336 e. The Morgan fingerprint density at radius 2 is 2.16 bits per heavy atom. The molecule has 2 N–H and O–H groups in total. The second-order valence-corrected chi connectivity index (χ2v) is 4.92. The molecule has 1 saturated heterocycles. The van der Waals surface area contributed by atoms with E-state index in [-0.39, 0.29) is 11.5 Å². The highest BCUT2D eigenvalue weighted by Gasteiger charge is 2.37. The first-order valence-electron chi connectivity index (χ1n) is 6.22. The predicted octanol–water partition coefficient (Wildman–Crippen LogP) is 2.20. The number of carboxylic acid groups (broad SMARTS) is 1. The highest BCUT2D eigenvalue weighted by atomic mass is 16.5. The van der Waals surface area contributed by atoms with Gasteiger partial charge in [-0.2, -0.15) is 0 Å². The van der Waals surface area contributed by atoms with Crippen LogP contribution >= 0.6 is 0 Å². The summed E-state index contributed by atoms with van der Waals surface area (Å²) in [5, 5.41) is 11.8. The summed E-state index contributed by atoms with van der Waals surface area (Å²) in [5.74, 6) is -1.23. The van der Waals surface area contributed by atoms with Gasteiger partial charge in [-0.1, -0.05) is 6.07 Å². The van der Waals surface area contributed by atoms with E-state index in [0.717, 1.165) is 6.42 Å². The quantitative estimate of drug-likeness (QED) is 0.876. The van der Waals surface area contributed by atoms with Crippen molar-refractivity contribution < 1.29 is 19.4 Å². The van der Waals surface area contributed by atoms with E-state index in [1.807, 2.05) is 0 Å². The highest BCUT2D eigenvalue weighted by molar-refractivity contribution is 5.99. The molecule has 19 heavy (non-hydrogen) atoms. The molecule has 1 heterocycles. The van der Waals surface area contributed by atoms with Crippen molar-refractivity contribution in [2.24, 2.45) is 0 Å². The third-order valence-corrected chi connectivity index (χ3v) is 3.51. The normalized spacial score (nSPS) is 22.2. The molecule has 0 aliphatic carbocycles. The van der Waals surface area contributed by atoms with Crippen LogP contribution in [0.2, 0.25) is 0 Å². The summed E-state index contributed by atoms with van der Waals surface area (Å²) in [4.78, 5) is 23.2. The molecule has 1 aromatic carbocycles. The molecule has 0 spiro atoms. The molecule has 1 aliphatic rings. The molecule has 1 atom stereocenters. The Hall–Kier alpha value is -1.88. The molecule has 102 valence electrons. The van der Waals surface area contributed by atoms with Gasteiger partial charge < -0.3 is 15.2 Å². The van der Waals surface area contributed by atoms with E-state index < -0.39 is 11.6 Å². The van der Waals surface area contributed by atoms with Crippen molar-refractivity contribution >= 4 is 17.6 Å². The average molecular weight is 263 g/mol. The van der Waals surface area contributed by atoms with Crippen molar-refractivity contribution in [3.05, 3.63) is 29.3 Å². The number of carbonyl (C=O) groups is 2. The Labute approximate surface area is 111 Å². The summed E-state index contributed by atoms with van der Waals surface area (Å²) >= 11 is 0. The van der Waals surface area contributed by atoms with E-state index in [0.29, 0.717) is 24.3 Å². The topological polar surface area (TPSA) is 75.6 Å². The lowest BCUT2D eigenvalue weighted by molar-refractivity contribution is -0.133. The molecule has 2 rings (SSSR count). The van der Waals surface area contributed by atoms with Gasteiger partial charge in [0.05, 0.1) is 5.56 Å². The molecule has 1 aliphatic heterocycles. The molecule has 0 saturated carbocycles. The Kier molecular flexibility index (Phi) is 3.57. The predicted molar refractivity (Wildman–Crippen MR) is 70.4 cm³/mol. The zero-order valence-corrected chi connectivity index (χ0v) is 11.0. The first kappa shape index (κ1) is 13.5. The summed E-state index contributed by atoms with van der Waals surface area (Å²) in [6, 6.07) is 4.82. The molecule has 1 unspecified atom stereocenters. The Bertz CT molecular complexity index is 518. The minimum absolute atomic E-state index is 0.190. The number of hydrogen-bond donors (Lipinski definition) is 2. The van der Waals surface area contributed by atoms with Gasteiger partial charge in [-0.05, 0) is 44.4 Å². The lowest BCUT2D eigenvalue weighted by Gasteiger charge is -2.22. The number of rotatable bonds is 3. The minimum atomic E-state index is -1.00. The highest BCUT2D eigenvalue weighted by Crippen LogP contribution is 2.28. The van der Waals surface area contributed by atoms with Crippen molar-refractivity contribution in [3.8, 4) is 0 Å². The molecule has 1 aromatic rings. The number of aromatic carboxylic acids is 1. The van der Waals surface area contributed by atoms with E-state index in [1.165, 1.54) is 6.07 Å². The van der Waals surface area contributed by atoms with Crippen LogP contribution in [0.1, 0.15) is 35.7 Å². The number of ether oxygens (including phenoxy) is 1. The van der Waals surface area contributed by atoms with Gasteiger partial charge in [0, 0.05) is 12.3 Å². The van der Waals surface area contributed by atoms with Gasteiger partial charge in [0.2, 0.25) is 0 Å². The molecule has 0 aromatic heterocycles. The van der Waals surface area contributed by atoms with E-state index in [9.17, 15) is 9.59 Å². The van der Waals surface area contributed by atoms with Crippen molar-refractivity contribution in [3.63, 3.8) is 0 Å². The van der Waals surface area contributed by atoms with Gasteiger partial charge in [-0.25, -0.2) is 4.79 Å². The summed E-state index contributed by atoms with van der Waals surface area (Å²) in [7, 11) is 0. The number of nitrogens with one attached hydrogen (secondary N) is 1. The van der Waals surface area contributed by atoms with Crippen LogP contribution in [0.5, 0.6) is 0 Å². The number of carbonyl (C=O) groups excluding carboxylic acids is 1. The zero-order valence-electron chi connectivity index (χ0n) is 11.0. The van der Waals surface area contributed by atoms with Crippen molar-refractivity contribution in [2.75, 3.05) is 11.9 Å². The van der Waals surface area contributed by atoms with Gasteiger partial charge >= 0.3 is 5.97 Å². The van der Waals surface area contributed by atoms with Crippen LogP contribution in [-0.4, -0.2) is 29.2 Å². The standard InChI is InChI=1S/C14H17NO4/c1-9-10(12(16)17)5-3-6-11(9)15-13(18)14(2)7-4-8-19-14/h3,5-6H,4,7-8H2,1-2H3,(H,15,18)(H,16,17). The molecule has 5 heteroatoms. The molecule has 5 nitrogen and oxygen atoms in total. The third kappa shape index (κ3) is 2.61. The monoisotopic (exact) mass is 263 g/mol. The van der Waals surface area contributed by atoms with Gasteiger partial charge in [0.25, 0.3) is 5.91 Å². The first-order valence-corrected chi connectivity index (χ1v) is 6.22. The first-order chi connectivity index (χ1) is 8.94. The fraction of sp³-hybridized carbons (Fsp3) is 0.429. The molecule has 1 fully saturated rings. The fourth-order valence-corrected chi connectivity index (χ4v) is 2.22. The summed E-state index contributed by atoms with van der Waals surface area (Å²) in [6.45, 7) is 4.01. The van der Waals surface area contributed by atoms with E-state index in [4.69, 9.17) is 9.84 Å². The Morgan fingerprint density at radius 1 is 1.42 bits per heavy atom. The van der Waals surface area contributed by atoms with Crippen LogP contribution in [-0.2, 0) is 9.53 Å². The molecule has 0 radical (unpaired) electrons. The summed E-state index contributed by atoms with van der Waals surface area (Å²) in [5.41, 5.74) is 0.438. The number of amides is 1. The van der Waals surface area contributed by atoms with Crippen LogP contribution in [0.25, 0.3) is 0 Å². The van der Waals surface area contributed by atoms with Gasteiger partial charge in [-0.15, -0.1) is 0 Å².